The van der Waals surface area contributed by atoms with Gasteiger partial charge in [0.15, 0.2) is 17.3 Å². The summed E-state index contributed by atoms with van der Waals surface area (Å²) >= 11 is 0. The quantitative estimate of drug-likeness (QED) is 0.252. The lowest BCUT2D eigenvalue weighted by Gasteiger charge is -2.21. The SMILES string of the molecule is COC(=O)c1ccc(C(=O)NCc2nc(-c3ccc(OC(F)F)c(OCC4CC4)c3)oc2[C@H](C)NC(=O)OC(C)(C)C)nc1. The first-order chi connectivity index (χ1) is 20.8. The van der Waals surface area contributed by atoms with Gasteiger partial charge in [-0.3, -0.25) is 9.78 Å². The summed E-state index contributed by atoms with van der Waals surface area (Å²) < 4.78 is 52.5. The third-order valence-electron chi connectivity index (χ3n) is 6.27. The number of carbonyl (C=O) groups is 3. The van der Waals surface area contributed by atoms with Crippen molar-refractivity contribution in [1.82, 2.24) is 20.6 Å². The molecule has 1 aliphatic carbocycles. The van der Waals surface area contributed by atoms with Gasteiger partial charge in [0, 0.05) is 11.8 Å². The van der Waals surface area contributed by atoms with Gasteiger partial charge in [-0.1, -0.05) is 0 Å². The average molecular weight is 617 g/mol. The number of aromatic nitrogens is 2. The van der Waals surface area contributed by atoms with Gasteiger partial charge in [0.2, 0.25) is 5.89 Å². The highest BCUT2D eigenvalue weighted by molar-refractivity contribution is 5.94. The molecule has 14 heteroatoms. The minimum atomic E-state index is -3.04. The van der Waals surface area contributed by atoms with Crippen LogP contribution in [0.15, 0.2) is 40.9 Å². The molecule has 4 rings (SSSR count). The Bertz CT molecular complexity index is 1480. The van der Waals surface area contributed by atoms with Gasteiger partial charge >= 0.3 is 18.7 Å². The molecule has 0 bridgehead atoms. The number of ether oxygens (including phenoxy) is 4. The summed E-state index contributed by atoms with van der Waals surface area (Å²) in [5, 5.41) is 5.39. The standard InChI is InChI=1S/C30H34F2N4O8/c1-16(35-29(39)44-30(2,3)4)24-21(14-34-25(37)20-10-8-19(13-33-20)27(38)40-5)36-26(43-24)18-9-11-22(42-28(31)32)23(12-18)41-15-17-6-7-17/h8-13,16-17,28H,6-7,14-15H2,1-5H3,(H,34,37)(H,35,39)/t16-/m0/s1. The lowest BCUT2D eigenvalue weighted by Crippen LogP contribution is -2.34. The lowest BCUT2D eigenvalue weighted by atomic mass is 10.2. The third-order valence-corrected chi connectivity index (χ3v) is 6.27. The van der Waals surface area contributed by atoms with E-state index in [1.807, 2.05) is 0 Å². The molecule has 0 aliphatic heterocycles. The summed E-state index contributed by atoms with van der Waals surface area (Å²) in [5.41, 5.74) is 0.134. The van der Waals surface area contributed by atoms with Crippen molar-refractivity contribution in [2.24, 2.45) is 5.92 Å². The van der Waals surface area contributed by atoms with E-state index in [1.165, 1.54) is 43.6 Å². The van der Waals surface area contributed by atoms with Crippen LogP contribution in [0.1, 0.15) is 78.9 Å². The van der Waals surface area contributed by atoms with Crippen molar-refractivity contribution in [1.29, 1.82) is 0 Å². The molecular weight excluding hydrogens is 582 g/mol. The number of benzene rings is 1. The van der Waals surface area contributed by atoms with E-state index >= 15 is 0 Å². The summed E-state index contributed by atoms with van der Waals surface area (Å²) in [4.78, 5) is 45.5. The van der Waals surface area contributed by atoms with Crippen LogP contribution in [0.5, 0.6) is 11.5 Å². The molecule has 2 heterocycles. The van der Waals surface area contributed by atoms with Gasteiger partial charge in [-0.15, -0.1) is 0 Å². The van der Waals surface area contributed by atoms with Gasteiger partial charge in [0.05, 0.1) is 31.9 Å². The number of alkyl carbamates (subject to hydrolysis) is 1. The van der Waals surface area contributed by atoms with Crippen molar-refractivity contribution in [3.8, 4) is 23.0 Å². The average Bonchev–Trinajstić information content (AvgIpc) is 3.70. The molecule has 2 N–H and O–H groups in total. The van der Waals surface area contributed by atoms with Crippen molar-refractivity contribution >= 4 is 18.0 Å². The maximum Gasteiger partial charge on any atom is 0.408 e. The first-order valence-electron chi connectivity index (χ1n) is 13.9. The summed E-state index contributed by atoms with van der Waals surface area (Å²) in [6.45, 7) is 4.00. The molecule has 44 heavy (non-hydrogen) atoms. The minimum Gasteiger partial charge on any atom is -0.489 e. The summed E-state index contributed by atoms with van der Waals surface area (Å²) in [5.74, 6) is -0.525. The Morgan fingerprint density at radius 2 is 1.86 bits per heavy atom. The van der Waals surface area contributed by atoms with Gasteiger partial charge in [0.25, 0.3) is 5.91 Å². The van der Waals surface area contributed by atoms with Crippen LogP contribution in [0.25, 0.3) is 11.5 Å². The number of alkyl halides is 2. The van der Waals surface area contributed by atoms with E-state index in [0.717, 1.165) is 12.8 Å². The highest BCUT2D eigenvalue weighted by Crippen LogP contribution is 2.37. The Kier molecular flexibility index (Phi) is 10.0. The number of nitrogens with zero attached hydrogens (tertiary/aromatic N) is 2. The van der Waals surface area contributed by atoms with Crippen LogP contribution in [-0.4, -0.2) is 53.9 Å². The molecule has 2 aromatic heterocycles. The number of amides is 2. The van der Waals surface area contributed by atoms with E-state index in [0.29, 0.717) is 18.1 Å². The molecule has 1 saturated carbocycles. The van der Waals surface area contributed by atoms with Crippen LogP contribution in [0, 0.1) is 5.92 Å². The fourth-order valence-corrected chi connectivity index (χ4v) is 3.96. The van der Waals surface area contributed by atoms with E-state index in [2.05, 4.69) is 30.1 Å². The Morgan fingerprint density at radius 1 is 1.11 bits per heavy atom. The topological polar surface area (TPSA) is 151 Å². The first kappa shape index (κ1) is 32.2. The Labute approximate surface area is 252 Å². The number of methoxy groups -OCH3 is 1. The van der Waals surface area contributed by atoms with Crippen LogP contribution in [0.4, 0.5) is 13.6 Å². The maximum absolute atomic E-state index is 13.0. The highest BCUT2D eigenvalue weighted by Gasteiger charge is 2.26. The largest absolute Gasteiger partial charge is 0.489 e. The number of pyridine rings is 1. The van der Waals surface area contributed by atoms with Crippen LogP contribution in [0.2, 0.25) is 0 Å². The Morgan fingerprint density at radius 3 is 2.48 bits per heavy atom. The Balaban J connectivity index is 1.60. The molecule has 0 saturated heterocycles. The van der Waals surface area contributed by atoms with E-state index in [9.17, 15) is 23.2 Å². The highest BCUT2D eigenvalue weighted by atomic mass is 19.3. The number of nitrogens with one attached hydrogen (secondary N) is 2. The number of oxazole rings is 1. The molecule has 1 atom stereocenters. The van der Waals surface area contributed by atoms with Gasteiger partial charge in [0.1, 0.15) is 17.0 Å². The zero-order chi connectivity index (χ0) is 32.0. The second kappa shape index (κ2) is 13.7. The molecule has 1 aromatic carbocycles. The van der Waals surface area contributed by atoms with E-state index in [4.69, 9.17) is 13.9 Å². The van der Waals surface area contributed by atoms with Gasteiger partial charge in [-0.05, 0) is 76.8 Å². The van der Waals surface area contributed by atoms with Crippen molar-refractivity contribution in [2.75, 3.05) is 13.7 Å². The molecule has 2 amide bonds. The number of halogens is 2. The van der Waals surface area contributed by atoms with Crippen molar-refractivity contribution in [2.45, 2.75) is 65.3 Å². The maximum atomic E-state index is 13.0. The number of hydrogen-bond donors (Lipinski definition) is 2. The van der Waals surface area contributed by atoms with Crippen molar-refractivity contribution < 1.29 is 46.5 Å². The molecule has 1 fully saturated rings. The second-order valence-electron chi connectivity index (χ2n) is 11.1. The normalized spacial score (nSPS) is 13.6. The molecular formula is C30H34F2N4O8. The molecule has 12 nitrogen and oxygen atoms in total. The summed E-state index contributed by atoms with van der Waals surface area (Å²) in [6, 6.07) is 6.33. The molecule has 0 radical (unpaired) electrons. The Hall–Kier alpha value is -4.75. The fraction of sp³-hybridized carbons (Fsp3) is 0.433. The molecule has 0 unspecified atom stereocenters. The molecule has 0 spiro atoms. The molecule has 236 valence electrons. The first-order valence-corrected chi connectivity index (χ1v) is 13.9. The second-order valence-corrected chi connectivity index (χ2v) is 11.1. The smallest absolute Gasteiger partial charge is 0.408 e. The van der Waals surface area contributed by atoms with Gasteiger partial charge < -0.3 is 34.0 Å². The van der Waals surface area contributed by atoms with Gasteiger partial charge in [-0.25, -0.2) is 14.6 Å². The molecule has 1 aliphatic rings. The molecule has 3 aromatic rings. The van der Waals surface area contributed by atoms with E-state index < -0.39 is 36.2 Å². The van der Waals surface area contributed by atoms with E-state index in [1.54, 1.807) is 27.7 Å². The minimum absolute atomic E-state index is 0.0370. The number of hydrogen-bond acceptors (Lipinski definition) is 10. The van der Waals surface area contributed by atoms with Crippen LogP contribution < -0.4 is 20.1 Å². The van der Waals surface area contributed by atoms with Crippen LogP contribution in [-0.2, 0) is 16.0 Å². The number of esters is 1. The van der Waals surface area contributed by atoms with Crippen LogP contribution >= 0.6 is 0 Å². The predicted octanol–water partition coefficient (Wildman–Crippen LogP) is 5.43. The monoisotopic (exact) mass is 616 g/mol. The fourth-order valence-electron chi connectivity index (χ4n) is 3.96. The summed E-state index contributed by atoms with van der Waals surface area (Å²) in [6.07, 6.45) is 2.52. The van der Waals surface area contributed by atoms with Crippen molar-refractivity contribution in [3.63, 3.8) is 0 Å². The predicted molar refractivity (Wildman–Crippen MR) is 151 cm³/mol. The van der Waals surface area contributed by atoms with Crippen molar-refractivity contribution in [3.05, 3.63) is 59.2 Å². The lowest BCUT2D eigenvalue weighted by molar-refractivity contribution is -0.0515. The summed E-state index contributed by atoms with van der Waals surface area (Å²) in [7, 11) is 1.24. The zero-order valence-electron chi connectivity index (χ0n) is 24.9. The van der Waals surface area contributed by atoms with E-state index in [-0.39, 0.29) is 46.6 Å². The number of carbonyl (C=O) groups excluding carboxylic acids is 3. The van der Waals surface area contributed by atoms with Gasteiger partial charge in [-0.2, -0.15) is 8.78 Å². The zero-order valence-corrected chi connectivity index (χ0v) is 24.9. The number of rotatable bonds is 12. The third kappa shape index (κ3) is 8.88. The van der Waals surface area contributed by atoms with Crippen LogP contribution in [0.3, 0.4) is 0 Å².